The van der Waals surface area contributed by atoms with Crippen LogP contribution in [0.1, 0.15) is 73.8 Å². The molecule has 0 aromatic heterocycles. The summed E-state index contributed by atoms with van der Waals surface area (Å²) in [5.74, 6) is 1.39. The van der Waals surface area contributed by atoms with Crippen LogP contribution in [-0.2, 0) is 6.54 Å². The fourth-order valence-electron chi connectivity index (χ4n) is 6.95. The van der Waals surface area contributed by atoms with Crippen LogP contribution in [0.2, 0.25) is 0 Å². The maximum Gasteiger partial charge on any atom is 0.157 e. The first-order valence-corrected chi connectivity index (χ1v) is 18.8. The molecule has 2 aliphatic carbocycles. The number of hydrogen-bond acceptors (Lipinski definition) is 1. The van der Waals surface area contributed by atoms with E-state index in [1.54, 1.807) is 6.08 Å². The minimum Gasteiger partial charge on any atom is -0.383 e. The number of rotatable bonds is 8. The first-order chi connectivity index (χ1) is 26.1. The summed E-state index contributed by atoms with van der Waals surface area (Å²) in [5, 5.41) is 5.02. The molecule has 1 atom stereocenters. The van der Waals surface area contributed by atoms with Gasteiger partial charge in [0.25, 0.3) is 0 Å². The first kappa shape index (κ1) is 36.7. The Kier molecular flexibility index (Phi) is 12.4. The molecule has 0 amide bonds. The molecule has 5 aromatic carbocycles. The molecule has 0 radical (unpaired) electrons. The summed E-state index contributed by atoms with van der Waals surface area (Å²) in [5.41, 5.74) is 15.6. The molecular weight excluding hydrogens is 643 g/mol. The quantitative estimate of drug-likeness (QED) is 0.0749. The fourth-order valence-corrected chi connectivity index (χ4v) is 6.95. The first-order valence-electron chi connectivity index (χ1n) is 18.8. The van der Waals surface area contributed by atoms with Crippen molar-refractivity contribution < 1.29 is 0 Å². The Hall–Kier alpha value is -6.06. The average molecular weight is 692 g/mol. The third-order valence-electron chi connectivity index (χ3n) is 9.67. The van der Waals surface area contributed by atoms with Crippen LogP contribution in [0, 0.1) is 0 Å². The molecular formula is C50H49N3. The number of hydrogen-bond donors (Lipinski definition) is 1. The van der Waals surface area contributed by atoms with Gasteiger partial charge in [-0.05, 0) is 93.2 Å². The molecule has 2 aliphatic rings. The van der Waals surface area contributed by atoms with Crippen LogP contribution in [-0.4, -0.2) is 11.7 Å². The second-order valence-corrected chi connectivity index (χ2v) is 13.0. The van der Waals surface area contributed by atoms with Crippen molar-refractivity contribution >= 4 is 45.4 Å². The van der Waals surface area contributed by atoms with E-state index in [-0.39, 0.29) is 0 Å². The van der Waals surface area contributed by atoms with Gasteiger partial charge in [0.2, 0.25) is 0 Å². The molecule has 0 spiro atoms. The zero-order valence-corrected chi connectivity index (χ0v) is 31.2. The van der Waals surface area contributed by atoms with Crippen molar-refractivity contribution in [2.24, 2.45) is 15.7 Å². The van der Waals surface area contributed by atoms with Crippen molar-refractivity contribution in [3.8, 4) is 11.1 Å². The molecule has 3 heteroatoms. The van der Waals surface area contributed by atoms with Crippen molar-refractivity contribution in [1.29, 1.82) is 0 Å². The number of amidine groups is 2. The molecule has 2 N–H and O–H groups in total. The minimum atomic E-state index is 0.404. The highest BCUT2D eigenvalue weighted by Crippen LogP contribution is 2.38. The van der Waals surface area contributed by atoms with Crippen LogP contribution in [0.15, 0.2) is 174 Å². The summed E-state index contributed by atoms with van der Waals surface area (Å²) in [6.45, 7) is 10.5. The Morgan fingerprint density at radius 1 is 0.792 bits per heavy atom. The molecule has 0 heterocycles. The summed E-state index contributed by atoms with van der Waals surface area (Å²) in [4.78, 5) is 9.88. The zero-order valence-electron chi connectivity index (χ0n) is 31.2. The van der Waals surface area contributed by atoms with Crippen LogP contribution in [0.4, 0.5) is 0 Å². The van der Waals surface area contributed by atoms with Gasteiger partial charge in [-0.2, -0.15) is 0 Å². The normalized spacial score (nSPS) is 16.0. The molecule has 7 rings (SSSR count). The predicted molar refractivity (Wildman–Crippen MR) is 233 cm³/mol. The van der Waals surface area contributed by atoms with Gasteiger partial charge in [-0.25, -0.2) is 4.99 Å². The highest BCUT2D eigenvalue weighted by molar-refractivity contribution is 6.16. The maximum absolute atomic E-state index is 6.77. The van der Waals surface area contributed by atoms with E-state index in [1.807, 2.05) is 51.1 Å². The second kappa shape index (κ2) is 17.9. The van der Waals surface area contributed by atoms with Crippen molar-refractivity contribution in [3.63, 3.8) is 0 Å². The minimum absolute atomic E-state index is 0.404. The Morgan fingerprint density at radius 2 is 1.53 bits per heavy atom. The highest BCUT2D eigenvalue weighted by Gasteiger charge is 2.14. The summed E-state index contributed by atoms with van der Waals surface area (Å²) < 4.78 is 0. The van der Waals surface area contributed by atoms with Crippen LogP contribution in [0.5, 0.6) is 0 Å². The number of nitrogens with two attached hydrogens (primary N) is 1. The van der Waals surface area contributed by atoms with Gasteiger partial charge in [0, 0.05) is 17.1 Å². The van der Waals surface area contributed by atoms with Crippen molar-refractivity contribution in [2.75, 3.05) is 0 Å². The SMILES string of the molecule is C=C/C(=C\C=C/C)C(=NCc1ccc(C2C=CC=CCC2)cc1)N=C(N)c1cccc(-c2ccc3c4c(c5ccccc5c3c2)C=CCC=C4)c1.CC. The van der Waals surface area contributed by atoms with Crippen molar-refractivity contribution in [3.05, 3.63) is 192 Å². The van der Waals surface area contributed by atoms with Crippen LogP contribution in [0.25, 0.3) is 44.8 Å². The van der Waals surface area contributed by atoms with Crippen LogP contribution >= 0.6 is 0 Å². The zero-order chi connectivity index (χ0) is 37.0. The third-order valence-corrected chi connectivity index (χ3v) is 9.67. The van der Waals surface area contributed by atoms with Gasteiger partial charge in [-0.3, -0.25) is 4.99 Å². The summed E-state index contributed by atoms with van der Waals surface area (Å²) in [6.07, 6.45) is 28.7. The van der Waals surface area contributed by atoms with E-state index < -0.39 is 0 Å². The molecule has 0 fully saturated rings. The molecule has 3 nitrogen and oxygen atoms in total. The van der Waals surface area contributed by atoms with Crippen LogP contribution in [0.3, 0.4) is 0 Å². The number of nitrogens with zero attached hydrogens (tertiary/aromatic N) is 2. The highest BCUT2D eigenvalue weighted by atomic mass is 15.0. The molecule has 0 aliphatic heterocycles. The smallest absolute Gasteiger partial charge is 0.157 e. The van der Waals surface area contributed by atoms with E-state index in [0.717, 1.165) is 47.1 Å². The molecule has 264 valence electrons. The Morgan fingerprint density at radius 3 is 2.28 bits per heavy atom. The van der Waals surface area contributed by atoms with Gasteiger partial charge in [-0.15, -0.1) is 0 Å². The Balaban J connectivity index is 0.00000236. The lowest BCUT2D eigenvalue weighted by Crippen LogP contribution is -2.16. The van der Waals surface area contributed by atoms with E-state index in [9.17, 15) is 0 Å². The van der Waals surface area contributed by atoms with Crippen molar-refractivity contribution in [1.82, 2.24) is 0 Å². The molecule has 5 aromatic rings. The van der Waals surface area contributed by atoms with Crippen LogP contribution < -0.4 is 5.73 Å². The number of allylic oxidation sites excluding steroid dienone is 9. The number of benzene rings is 5. The molecule has 0 saturated carbocycles. The lowest BCUT2D eigenvalue weighted by molar-refractivity contribution is 0.755. The van der Waals surface area contributed by atoms with E-state index >= 15 is 0 Å². The van der Waals surface area contributed by atoms with Gasteiger partial charge in [0.05, 0.1) is 6.54 Å². The van der Waals surface area contributed by atoms with Gasteiger partial charge >= 0.3 is 0 Å². The van der Waals surface area contributed by atoms with Gasteiger partial charge in [0.15, 0.2) is 5.84 Å². The van der Waals surface area contributed by atoms with E-state index in [2.05, 4.69) is 134 Å². The van der Waals surface area contributed by atoms with Gasteiger partial charge in [0.1, 0.15) is 5.84 Å². The second-order valence-electron chi connectivity index (χ2n) is 13.0. The number of fused-ring (bicyclic) bond motifs is 6. The molecule has 0 saturated heterocycles. The standard InChI is InChI=1S/C48H43N3.C2H6/c1-3-5-16-35(4-2)48(50-33-34-25-27-37(28-26-34)36-17-9-6-7-10-18-36)51-47(49)40-20-15-19-38(31-40)39-29-30-45-43-22-12-8-11-21-41(43)42-23-13-14-24-44(42)46(45)32-39;1-2/h3-7,9,11-17,19-32,36H,2,8,10,18,33H2,1H3,(H2,49,50,51);1-2H3/b5-3-,35-16+;. The van der Waals surface area contributed by atoms with Gasteiger partial charge in [-0.1, -0.05) is 172 Å². The monoisotopic (exact) mass is 691 g/mol. The summed E-state index contributed by atoms with van der Waals surface area (Å²) in [6, 6.07) is 32.6. The average Bonchev–Trinajstić information content (AvgIpc) is 3.65. The third kappa shape index (κ3) is 8.54. The lowest BCUT2D eigenvalue weighted by atomic mass is 9.89. The fraction of sp³-hybridized carbons (Fsp3) is 0.160. The lowest BCUT2D eigenvalue weighted by Gasteiger charge is -2.14. The molecule has 53 heavy (non-hydrogen) atoms. The van der Waals surface area contributed by atoms with Crippen molar-refractivity contribution in [2.45, 2.75) is 52.5 Å². The van der Waals surface area contributed by atoms with Gasteiger partial charge < -0.3 is 5.73 Å². The topological polar surface area (TPSA) is 50.7 Å². The molecule has 1 unspecified atom stereocenters. The number of aliphatic imine (C=N–C) groups is 2. The Bertz CT molecular complexity index is 2340. The van der Waals surface area contributed by atoms with E-state index in [1.165, 1.54) is 38.2 Å². The van der Waals surface area contributed by atoms with E-state index in [4.69, 9.17) is 15.7 Å². The predicted octanol–water partition coefficient (Wildman–Crippen LogP) is 13.1. The summed E-state index contributed by atoms with van der Waals surface area (Å²) in [7, 11) is 0. The largest absolute Gasteiger partial charge is 0.383 e. The van der Waals surface area contributed by atoms with E-state index in [0.29, 0.717) is 24.1 Å². The Labute approximate surface area is 315 Å². The molecule has 0 bridgehead atoms. The summed E-state index contributed by atoms with van der Waals surface area (Å²) >= 11 is 0. The maximum atomic E-state index is 6.77.